The Balaban J connectivity index is 1.71. The minimum Gasteiger partial charge on any atom is -0.365 e. The van der Waals surface area contributed by atoms with Gasteiger partial charge in [0.1, 0.15) is 11.5 Å². The number of anilines is 1. The molecule has 8 heteroatoms. The average molecular weight is 376 g/mol. The minimum absolute atomic E-state index is 0.0594. The van der Waals surface area contributed by atoms with Gasteiger partial charge >= 0.3 is 0 Å². The smallest absolute Gasteiger partial charge is 0.236 e. The average Bonchev–Trinajstić information content (AvgIpc) is 3.36. The van der Waals surface area contributed by atoms with Crippen molar-refractivity contribution in [1.29, 1.82) is 0 Å². The molecule has 1 aromatic carbocycles. The number of nitrogens with two attached hydrogens (primary N) is 1. The summed E-state index contributed by atoms with van der Waals surface area (Å²) in [6.45, 7) is 2.28. The molecule has 2 aromatic rings. The predicted molar refractivity (Wildman–Crippen MR) is 98.8 cm³/mol. The molecule has 3 N–H and O–H groups in total. The molecule has 1 saturated carbocycles. The van der Waals surface area contributed by atoms with E-state index in [1.165, 1.54) is 6.07 Å². The number of nitrogens with zero attached hydrogens (tertiary/aromatic N) is 2. The van der Waals surface area contributed by atoms with Gasteiger partial charge in [-0.1, -0.05) is 0 Å². The van der Waals surface area contributed by atoms with Gasteiger partial charge in [0.25, 0.3) is 0 Å². The zero-order valence-electron chi connectivity index (χ0n) is 15.0. The van der Waals surface area contributed by atoms with Crippen molar-refractivity contribution in [2.75, 3.05) is 18.0 Å². The number of carbonyl (C=O) groups is 1. The molecular weight excluding hydrogens is 354 g/mol. The van der Waals surface area contributed by atoms with E-state index in [0.29, 0.717) is 13.0 Å². The zero-order valence-corrected chi connectivity index (χ0v) is 15.0. The molecule has 27 heavy (non-hydrogen) atoms. The lowest BCUT2D eigenvalue weighted by Crippen LogP contribution is -2.45. The third-order valence-electron chi connectivity index (χ3n) is 5.28. The van der Waals surface area contributed by atoms with Crippen LogP contribution < -0.4 is 21.4 Å². The summed E-state index contributed by atoms with van der Waals surface area (Å²) in [5.41, 5.74) is 5.18. The van der Waals surface area contributed by atoms with Crippen molar-refractivity contribution in [1.82, 2.24) is 9.88 Å². The second-order valence-corrected chi connectivity index (χ2v) is 7.46. The van der Waals surface area contributed by atoms with Gasteiger partial charge in [0, 0.05) is 37.4 Å². The van der Waals surface area contributed by atoms with Crippen LogP contribution in [0.15, 0.2) is 23.1 Å². The van der Waals surface area contributed by atoms with Crippen molar-refractivity contribution < 1.29 is 13.6 Å². The number of hydrogen-bond donors (Lipinski definition) is 2. The lowest BCUT2D eigenvalue weighted by atomic mass is 10.1. The number of rotatable bonds is 4. The van der Waals surface area contributed by atoms with Gasteiger partial charge in [-0.15, -0.1) is 0 Å². The molecule has 0 spiro atoms. The maximum atomic E-state index is 15.4. The summed E-state index contributed by atoms with van der Waals surface area (Å²) in [5, 5.41) is 2.86. The first-order valence-corrected chi connectivity index (χ1v) is 9.20. The van der Waals surface area contributed by atoms with Gasteiger partial charge in [-0.25, -0.2) is 8.78 Å². The van der Waals surface area contributed by atoms with E-state index in [-0.39, 0.29) is 41.1 Å². The van der Waals surface area contributed by atoms with Gasteiger partial charge in [-0.05, 0) is 32.3 Å². The highest BCUT2D eigenvalue weighted by Crippen LogP contribution is 2.39. The van der Waals surface area contributed by atoms with Crippen molar-refractivity contribution in [3.05, 3.63) is 40.2 Å². The number of aromatic nitrogens is 1. The Labute approximate surface area is 154 Å². The molecule has 0 radical (unpaired) electrons. The molecule has 1 aromatic heterocycles. The Morgan fingerprint density at radius 3 is 2.74 bits per heavy atom. The van der Waals surface area contributed by atoms with E-state index < -0.39 is 23.1 Å². The number of carbonyl (C=O) groups excluding carboxylic acids is 1. The van der Waals surface area contributed by atoms with Crippen molar-refractivity contribution in [2.24, 2.45) is 5.73 Å². The molecule has 2 atom stereocenters. The van der Waals surface area contributed by atoms with Crippen molar-refractivity contribution in [2.45, 2.75) is 44.3 Å². The van der Waals surface area contributed by atoms with Crippen LogP contribution in [0.5, 0.6) is 0 Å². The first-order valence-electron chi connectivity index (χ1n) is 9.20. The van der Waals surface area contributed by atoms with Crippen LogP contribution in [0.1, 0.15) is 32.2 Å². The Bertz CT molecular complexity index is 968. The van der Waals surface area contributed by atoms with Crippen LogP contribution in [0, 0.1) is 11.6 Å². The first kappa shape index (κ1) is 17.9. The van der Waals surface area contributed by atoms with E-state index >= 15 is 4.39 Å². The molecule has 1 saturated heterocycles. The van der Waals surface area contributed by atoms with Crippen LogP contribution >= 0.6 is 0 Å². The van der Waals surface area contributed by atoms with Gasteiger partial charge in [0.2, 0.25) is 5.91 Å². The molecule has 6 nitrogen and oxygen atoms in total. The number of nitrogens with one attached hydrogen (secondary N) is 1. The van der Waals surface area contributed by atoms with Crippen molar-refractivity contribution in [3.63, 3.8) is 0 Å². The number of pyridine rings is 1. The van der Waals surface area contributed by atoms with Crippen LogP contribution in [-0.2, 0) is 4.79 Å². The van der Waals surface area contributed by atoms with Crippen LogP contribution in [0.3, 0.4) is 0 Å². The zero-order chi connectivity index (χ0) is 19.3. The molecule has 0 bridgehead atoms. The Morgan fingerprint density at radius 1 is 1.33 bits per heavy atom. The second-order valence-electron chi connectivity index (χ2n) is 7.46. The topological polar surface area (TPSA) is 80.4 Å². The third kappa shape index (κ3) is 3.18. The summed E-state index contributed by atoms with van der Waals surface area (Å²) >= 11 is 0. The van der Waals surface area contributed by atoms with Crippen LogP contribution in [0.2, 0.25) is 0 Å². The minimum atomic E-state index is -0.759. The van der Waals surface area contributed by atoms with E-state index in [4.69, 9.17) is 5.73 Å². The Hall–Kier alpha value is -2.48. The SMILES string of the molecule is CC(N)C(=O)NC1CCN(c2c(F)cc3c(=O)ccn(C4CC4)c3c2F)C1. The molecule has 2 fully saturated rings. The monoisotopic (exact) mass is 376 g/mol. The molecule has 2 unspecified atom stereocenters. The van der Waals surface area contributed by atoms with E-state index in [9.17, 15) is 14.0 Å². The van der Waals surface area contributed by atoms with E-state index in [0.717, 1.165) is 18.9 Å². The Kier molecular flexibility index (Phi) is 4.38. The number of hydrogen-bond acceptors (Lipinski definition) is 4. The summed E-state index contributed by atoms with van der Waals surface area (Å²) in [7, 11) is 0. The summed E-state index contributed by atoms with van der Waals surface area (Å²) in [5.74, 6) is -1.76. The lowest BCUT2D eigenvalue weighted by molar-refractivity contribution is -0.122. The number of halogens is 2. The van der Waals surface area contributed by atoms with Crippen molar-refractivity contribution in [3.8, 4) is 0 Å². The normalized spacial score (nSPS) is 20.9. The lowest BCUT2D eigenvalue weighted by Gasteiger charge is -2.22. The Morgan fingerprint density at radius 2 is 2.07 bits per heavy atom. The van der Waals surface area contributed by atoms with E-state index in [2.05, 4.69) is 5.32 Å². The largest absolute Gasteiger partial charge is 0.365 e. The van der Waals surface area contributed by atoms with Gasteiger partial charge in [0.15, 0.2) is 11.2 Å². The quantitative estimate of drug-likeness (QED) is 0.851. The van der Waals surface area contributed by atoms with Crippen LogP contribution in [-0.4, -0.2) is 35.6 Å². The summed E-state index contributed by atoms with van der Waals surface area (Å²) in [4.78, 5) is 25.5. The molecule has 1 amide bonds. The summed E-state index contributed by atoms with van der Waals surface area (Å²) < 4.78 is 31.9. The maximum Gasteiger partial charge on any atom is 0.236 e. The van der Waals surface area contributed by atoms with Gasteiger partial charge in [-0.3, -0.25) is 9.59 Å². The fourth-order valence-corrected chi connectivity index (χ4v) is 3.71. The molecule has 144 valence electrons. The first-order chi connectivity index (χ1) is 12.9. The van der Waals surface area contributed by atoms with Gasteiger partial charge in [-0.2, -0.15) is 0 Å². The third-order valence-corrected chi connectivity index (χ3v) is 5.28. The van der Waals surface area contributed by atoms with Crippen LogP contribution in [0.25, 0.3) is 10.9 Å². The number of amides is 1. The molecule has 2 aliphatic rings. The van der Waals surface area contributed by atoms with E-state index in [1.807, 2.05) is 0 Å². The predicted octanol–water partition coefficient (Wildman–Crippen LogP) is 1.66. The fourth-order valence-electron chi connectivity index (χ4n) is 3.71. The molecule has 4 rings (SSSR count). The van der Waals surface area contributed by atoms with E-state index in [1.54, 1.807) is 22.6 Å². The highest BCUT2D eigenvalue weighted by atomic mass is 19.1. The molecule has 1 aliphatic heterocycles. The fraction of sp³-hybridized carbons (Fsp3) is 0.474. The molecule has 2 heterocycles. The standard InChI is InChI=1S/C19H22F2N4O2/c1-10(22)19(27)23-11-4-6-24(9-11)18-14(20)8-13-15(26)5-7-25(12-2-3-12)17(13)16(18)21/h5,7-8,10-12H,2-4,6,9,22H2,1H3,(H,23,27). The molecular formula is C19H22F2N4O2. The number of fused-ring (bicyclic) bond motifs is 1. The number of benzene rings is 1. The summed E-state index contributed by atoms with van der Waals surface area (Å²) in [6.07, 6.45) is 3.99. The summed E-state index contributed by atoms with van der Waals surface area (Å²) in [6, 6.07) is 1.77. The highest BCUT2D eigenvalue weighted by Gasteiger charge is 2.32. The second kappa shape index (κ2) is 6.60. The maximum absolute atomic E-state index is 15.4. The van der Waals surface area contributed by atoms with Crippen molar-refractivity contribution >= 4 is 22.5 Å². The van der Waals surface area contributed by atoms with Gasteiger partial charge in [0.05, 0.1) is 16.9 Å². The van der Waals surface area contributed by atoms with Crippen LogP contribution in [0.4, 0.5) is 14.5 Å². The van der Waals surface area contributed by atoms with Gasteiger partial charge < -0.3 is 20.5 Å². The highest BCUT2D eigenvalue weighted by molar-refractivity contribution is 5.85. The molecule has 1 aliphatic carbocycles.